The molecule has 166 valence electrons. The number of carbonyl (C=O) groups is 4. The first-order chi connectivity index (χ1) is 13.9. The number of nitrogens with one attached hydrogen (secondary N) is 3. The van der Waals surface area contributed by atoms with Gasteiger partial charge in [-0.3, -0.25) is 14.4 Å². The zero-order chi connectivity index (χ0) is 23.2. The number of anilines is 2. The molecule has 3 amide bonds. The number of hydrogen-bond acceptors (Lipinski definition) is 5. The smallest absolute Gasteiger partial charge is 0.328 e. The van der Waals surface area contributed by atoms with Gasteiger partial charge in [-0.05, 0) is 87.0 Å². The summed E-state index contributed by atoms with van der Waals surface area (Å²) in [6.45, 7) is 8.53. The van der Waals surface area contributed by atoms with E-state index in [0.717, 1.165) is 0 Å². The topological polar surface area (TPSA) is 114 Å². The Bertz CT molecular complexity index is 815. The van der Waals surface area contributed by atoms with Gasteiger partial charge in [-0.25, -0.2) is 4.79 Å². The fraction of sp³-hybridized carbons (Fsp3) is 0.474. The summed E-state index contributed by atoms with van der Waals surface area (Å²) in [5, 5.41) is 8.21. The van der Waals surface area contributed by atoms with Gasteiger partial charge < -0.3 is 20.7 Å². The molecule has 0 heterocycles. The second-order valence-corrected chi connectivity index (χ2v) is 10.1. The standard InChI is InChI=1S/C19H24I3N3O5/c1-6-30-19(29)11(7-8(2)3)25-18(28)12-13(20)16(23-9(4)26)15(22)17(14(12)21)24-10(5)27/h8,11H,6-7H2,1-5H3,(H,23,26)(H,24,27)(H,25,28)/t11-/m0/s1. The van der Waals surface area contributed by atoms with Crippen LogP contribution in [0, 0.1) is 16.6 Å². The highest BCUT2D eigenvalue weighted by Gasteiger charge is 2.29. The van der Waals surface area contributed by atoms with Crippen molar-refractivity contribution in [3.05, 3.63) is 16.3 Å². The Kier molecular flexibility index (Phi) is 11.3. The molecular weight excluding hydrogens is 731 g/mol. The van der Waals surface area contributed by atoms with Crippen molar-refractivity contribution >= 4 is 103 Å². The maximum absolute atomic E-state index is 13.2. The number of amides is 3. The third kappa shape index (κ3) is 7.46. The van der Waals surface area contributed by atoms with Crippen LogP contribution in [0.2, 0.25) is 0 Å². The van der Waals surface area contributed by atoms with Crippen molar-refractivity contribution < 1.29 is 23.9 Å². The van der Waals surface area contributed by atoms with Crippen molar-refractivity contribution in [2.24, 2.45) is 5.92 Å². The highest BCUT2D eigenvalue weighted by atomic mass is 127. The molecule has 0 aliphatic rings. The summed E-state index contributed by atoms with van der Waals surface area (Å²) >= 11 is 5.98. The molecule has 0 radical (unpaired) electrons. The lowest BCUT2D eigenvalue weighted by atomic mass is 10.0. The Morgan fingerprint density at radius 1 is 0.900 bits per heavy atom. The molecule has 0 spiro atoms. The van der Waals surface area contributed by atoms with Gasteiger partial charge in [-0.1, -0.05) is 13.8 Å². The van der Waals surface area contributed by atoms with Gasteiger partial charge in [-0.2, -0.15) is 0 Å². The van der Waals surface area contributed by atoms with E-state index >= 15 is 0 Å². The summed E-state index contributed by atoms with van der Waals surface area (Å²) in [4.78, 5) is 49.0. The van der Waals surface area contributed by atoms with Gasteiger partial charge >= 0.3 is 5.97 Å². The summed E-state index contributed by atoms with van der Waals surface area (Å²) < 4.78 is 6.72. The minimum Gasteiger partial charge on any atom is -0.464 e. The van der Waals surface area contributed by atoms with Crippen LogP contribution >= 0.6 is 67.8 Å². The Labute approximate surface area is 216 Å². The number of esters is 1. The third-order valence-electron chi connectivity index (χ3n) is 3.73. The van der Waals surface area contributed by atoms with Crippen LogP contribution in [0.4, 0.5) is 11.4 Å². The molecular formula is C19H24I3N3O5. The van der Waals surface area contributed by atoms with Gasteiger partial charge in [0.2, 0.25) is 11.8 Å². The molecule has 1 atom stereocenters. The molecule has 0 saturated carbocycles. The predicted molar refractivity (Wildman–Crippen MR) is 141 cm³/mol. The minimum atomic E-state index is -0.809. The van der Waals surface area contributed by atoms with Crippen LogP contribution in [0.15, 0.2) is 0 Å². The average molecular weight is 755 g/mol. The number of halogens is 3. The maximum Gasteiger partial charge on any atom is 0.328 e. The highest BCUT2D eigenvalue weighted by Crippen LogP contribution is 2.39. The van der Waals surface area contributed by atoms with Crippen molar-refractivity contribution in [2.45, 2.75) is 47.1 Å². The fourth-order valence-electron chi connectivity index (χ4n) is 2.59. The van der Waals surface area contributed by atoms with Crippen LogP contribution in [0.1, 0.15) is 51.4 Å². The van der Waals surface area contributed by atoms with E-state index < -0.39 is 17.9 Å². The normalized spacial score (nSPS) is 11.6. The summed E-state index contributed by atoms with van der Waals surface area (Å²) in [6, 6.07) is -0.809. The Morgan fingerprint density at radius 3 is 1.73 bits per heavy atom. The van der Waals surface area contributed by atoms with E-state index in [1.165, 1.54) is 13.8 Å². The molecule has 11 heteroatoms. The van der Waals surface area contributed by atoms with E-state index in [2.05, 4.69) is 16.0 Å². The first-order valence-electron chi connectivity index (χ1n) is 9.13. The van der Waals surface area contributed by atoms with E-state index in [0.29, 0.717) is 28.5 Å². The van der Waals surface area contributed by atoms with Gasteiger partial charge in [0.25, 0.3) is 5.91 Å². The first kappa shape index (κ1) is 27.3. The Balaban J connectivity index is 3.52. The Morgan fingerprint density at radius 2 is 1.37 bits per heavy atom. The number of hydrogen-bond donors (Lipinski definition) is 3. The lowest BCUT2D eigenvalue weighted by Gasteiger charge is -2.22. The molecule has 30 heavy (non-hydrogen) atoms. The van der Waals surface area contributed by atoms with Crippen LogP contribution in [0.3, 0.4) is 0 Å². The second-order valence-electron chi connectivity index (χ2n) is 6.84. The second kappa shape index (κ2) is 12.4. The lowest BCUT2D eigenvalue weighted by molar-refractivity contribution is -0.145. The average Bonchev–Trinajstić information content (AvgIpc) is 2.61. The van der Waals surface area contributed by atoms with E-state index in [1.54, 1.807) is 6.92 Å². The van der Waals surface area contributed by atoms with Crippen molar-refractivity contribution in [1.82, 2.24) is 5.32 Å². The minimum absolute atomic E-state index is 0.152. The SMILES string of the molecule is CCOC(=O)[C@H](CC(C)C)NC(=O)c1c(I)c(NC(C)=O)c(I)c(NC(C)=O)c1I. The summed E-state index contributed by atoms with van der Waals surface area (Å²) in [5.74, 6) is -1.46. The predicted octanol–water partition coefficient (Wildman–Crippen LogP) is 4.12. The fourth-order valence-corrected chi connectivity index (χ4v) is 6.79. The summed E-state index contributed by atoms with van der Waals surface area (Å²) in [6.07, 6.45) is 0.416. The molecule has 0 aromatic heterocycles. The van der Waals surface area contributed by atoms with Crippen LogP contribution in [-0.2, 0) is 19.1 Å². The van der Waals surface area contributed by atoms with E-state index in [-0.39, 0.29) is 29.9 Å². The third-order valence-corrected chi connectivity index (χ3v) is 6.97. The number of rotatable bonds is 8. The highest BCUT2D eigenvalue weighted by molar-refractivity contribution is 14.1. The molecule has 0 fully saturated rings. The molecule has 1 aromatic rings. The van der Waals surface area contributed by atoms with Crippen LogP contribution in [-0.4, -0.2) is 36.3 Å². The van der Waals surface area contributed by atoms with Crippen molar-refractivity contribution in [1.29, 1.82) is 0 Å². The van der Waals surface area contributed by atoms with E-state index in [4.69, 9.17) is 4.74 Å². The largest absolute Gasteiger partial charge is 0.464 e. The maximum atomic E-state index is 13.2. The molecule has 0 aliphatic carbocycles. The zero-order valence-electron chi connectivity index (χ0n) is 17.2. The molecule has 1 rings (SSSR count). The van der Waals surface area contributed by atoms with Crippen LogP contribution < -0.4 is 16.0 Å². The quantitative estimate of drug-likeness (QED) is 0.273. The molecule has 0 aliphatic heterocycles. The monoisotopic (exact) mass is 755 g/mol. The molecule has 1 aromatic carbocycles. The summed E-state index contributed by atoms with van der Waals surface area (Å²) in [7, 11) is 0. The number of carbonyl (C=O) groups excluding carboxylic acids is 4. The zero-order valence-corrected chi connectivity index (χ0v) is 23.7. The first-order valence-corrected chi connectivity index (χ1v) is 12.4. The van der Waals surface area contributed by atoms with Gasteiger partial charge in [0, 0.05) is 13.8 Å². The molecule has 0 saturated heterocycles. The number of ether oxygens (including phenoxy) is 1. The van der Waals surface area contributed by atoms with Gasteiger partial charge in [0.05, 0.1) is 34.3 Å². The van der Waals surface area contributed by atoms with Crippen molar-refractivity contribution in [2.75, 3.05) is 17.2 Å². The van der Waals surface area contributed by atoms with Gasteiger partial charge in [0.1, 0.15) is 6.04 Å². The van der Waals surface area contributed by atoms with Gasteiger partial charge in [-0.15, -0.1) is 0 Å². The Hall–Kier alpha value is -0.710. The number of benzene rings is 1. The van der Waals surface area contributed by atoms with E-state index in [1.807, 2.05) is 81.6 Å². The van der Waals surface area contributed by atoms with E-state index in [9.17, 15) is 19.2 Å². The lowest BCUT2D eigenvalue weighted by Crippen LogP contribution is -2.43. The molecule has 0 unspecified atom stereocenters. The van der Waals surface area contributed by atoms with Gasteiger partial charge in [0.15, 0.2) is 0 Å². The van der Waals surface area contributed by atoms with Crippen LogP contribution in [0.25, 0.3) is 0 Å². The molecule has 8 nitrogen and oxygen atoms in total. The molecule has 0 bridgehead atoms. The van der Waals surface area contributed by atoms with Crippen molar-refractivity contribution in [3.8, 4) is 0 Å². The molecule has 3 N–H and O–H groups in total. The van der Waals surface area contributed by atoms with Crippen molar-refractivity contribution in [3.63, 3.8) is 0 Å². The van der Waals surface area contributed by atoms with Crippen LogP contribution in [0.5, 0.6) is 0 Å². The summed E-state index contributed by atoms with van der Waals surface area (Å²) in [5.41, 5.74) is 1.12.